The first kappa shape index (κ1) is 18.8. The fraction of sp³-hybridized carbons (Fsp3) is 0.0952. The van der Waals surface area contributed by atoms with Crippen molar-refractivity contribution in [3.05, 3.63) is 94.6 Å². The molecule has 2 aromatic carbocycles. The molecule has 29 heavy (non-hydrogen) atoms. The molecule has 2 heterocycles. The van der Waals surface area contributed by atoms with Crippen LogP contribution in [0.5, 0.6) is 5.75 Å². The fourth-order valence-electron chi connectivity index (χ4n) is 2.57. The topological polar surface area (TPSA) is 77.2 Å². The van der Waals surface area contributed by atoms with Crippen LogP contribution < -0.4 is 10.1 Å². The van der Waals surface area contributed by atoms with E-state index in [-0.39, 0.29) is 18.2 Å². The van der Waals surface area contributed by atoms with Crippen molar-refractivity contribution in [2.45, 2.75) is 13.0 Å². The Kier molecular flexibility index (Phi) is 5.62. The Hall–Kier alpha value is -3.52. The van der Waals surface area contributed by atoms with E-state index < -0.39 is 5.91 Å². The normalized spacial score (nSPS) is 10.7. The zero-order chi connectivity index (χ0) is 20.1. The third-order valence-corrected chi connectivity index (χ3v) is 4.80. The van der Waals surface area contributed by atoms with Crippen molar-refractivity contribution in [2.24, 2.45) is 0 Å². The summed E-state index contributed by atoms with van der Waals surface area (Å²) in [6.45, 7) is 0.124. The Morgan fingerprint density at radius 1 is 1.03 bits per heavy atom. The number of amides is 1. The standard InChI is InChI=1S/C21H16FN3O3S/c22-15-6-8-16(9-7-15)27-13-17-10-11-18(28-17)20(26)23-21-25-24-19(29-21)12-14-4-2-1-3-5-14/h1-11H,12-13H2,(H,23,25,26). The highest BCUT2D eigenvalue weighted by molar-refractivity contribution is 7.15. The molecule has 6 nitrogen and oxygen atoms in total. The number of anilines is 1. The lowest BCUT2D eigenvalue weighted by molar-refractivity contribution is 0.0992. The lowest BCUT2D eigenvalue weighted by Gasteiger charge is -2.03. The summed E-state index contributed by atoms with van der Waals surface area (Å²) in [6.07, 6.45) is 0.653. The van der Waals surface area contributed by atoms with Crippen molar-refractivity contribution in [3.63, 3.8) is 0 Å². The van der Waals surface area contributed by atoms with Gasteiger partial charge in [0, 0.05) is 6.42 Å². The number of nitrogens with zero attached hydrogens (tertiary/aromatic N) is 2. The quantitative estimate of drug-likeness (QED) is 0.479. The van der Waals surface area contributed by atoms with Crippen LogP contribution in [0.2, 0.25) is 0 Å². The van der Waals surface area contributed by atoms with E-state index in [0.717, 1.165) is 10.6 Å². The molecule has 0 bridgehead atoms. The summed E-state index contributed by atoms with van der Waals surface area (Å²) in [6, 6.07) is 18.8. The van der Waals surface area contributed by atoms with E-state index in [9.17, 15) is 9.18 Å². The molecule has 4 aromatic rings. The van der Waals surface area contributed by atoms with Gasteiger partial charge < -0.3 is 9.15 Å². The van der Waals surface area contributed by atoms with Gasteiger partial charge in [-0.15, -0.1) is 10.2 Å². The number of hydrogen-bond acceptors (Lipinski definition) is 6. The Morgan fingerprint density at radius 3 is 2.62 bits per heavy atom. The zero-order valence-electron chi connectivity index (χ0n) is 15.2. The predicted molar refractivity (Wildman–Crippen MR) is 107 cm³/mol. The van der Waals surface area contributed by atoms with Gasteiger partial charge in [0.25, 0.3) is 5.91 Å². The van der Waals surface area contributed by atoms with Crippen LogP contribution in [0.1, 0.15) is 26.9 Å². The minimum Gasteiger partial charge on any atom is -0.486 e. The number of carbonyl (C=O) groups is 1. The summed E-state index contributed by atoms with van der Waals surface area (Å²) < 4.78 is 23.9. The zero-order valence-corrected chi connectivity index (χ0v) is 16.0. The number of ether oxygens (including phenoxy) is 1. The molecule has 146 valence electrons. The van der Waals surface area contributed by atoms with Gasteiger partial charge in [0.1, 0.15) is 28.9 Å². The molecule has 0 saturated carbocycles. The van der Waals surface area contributed by atoms with Crippen LogP contribution in [0.4, 0.5) is 9.52 Å². The van der Waals surface area contributed by atoms with Crippen LogP contribution in [-0.2, 0) is 13.0 Å². The van der Waals surface area contributed by atoms with Gasteiger partial charge in [-0.1, -0.05) is 41.7 Å². The molecule has 1 N–H and O–H groups in total. The monoisotopic (exact) mass is 409 g/mol. The van der Waals surface area contributed by atoms with Crippen LogP contribution >= 0.6 is 11.3 Å². The van der Waals surface area contributed by atoms with Gasteiger partial charge in [-0.05, 0) is 42.0 Å². The van der Waals surface area contributed by atoms with E-state index >= 15 is 0 Å². The van der Waals surface area contributed by atoms with Crippen LogP contribution in [0.3, 0.4) is 0 Å². The van der Waals surface area contributed by atoms with Crippen LogP contribution in [0.15, 0.2) is 71.1 Å². The van der Waals surface area contributed by atoms with Gasteiger partial charge in [-0.2, -0.15) is 0 Å². The third-order valence-electron chi connectivity index (χ3n) is 3.97. The minimum atomic E-state index is -0.416. The minimum absolute atomic E-state index is 0.124. The first-order valence-electron chi connectivity index (χ1n) is 8.80. The molecule has 4 rings (SSSR count). The molecule has 0 fully saturated rings. The van der Waals surface area contributed by atoms with Crippen LogP contribution in [-0.4, -0.2) is 16.1 Å². The lowest BCUT2D eigenvalue weighted by atomic mass is 10.2. The molecule has 0 aliphatic heterocycles. The Labute approximate surface area is 170 Å². The molecular formula is C21H16FN3O3S. The fourth-order valence-corrected chi connectivity index (χ4v) is 3.34. The molecule has 0 aliphatic rings. The average Bonchev–Trinajstić information content (AvgIpc) is 3.38. The molecule has 0 unspecified atom stereocenters. The molecule has 0 aliphatic carbocycles. The van der Waals surface area contributed by atoms with E-state index in [4.69, 9.17) is 9.15 Å². The number of halogens is 1. The third kappa shape index (κ3) is 5.05. The second-order valence-corrected chi connectivity index (χ2v) is 7.19. The molecule has 0 spiro atoms. The summed E-state index contributed by atoms with van der Waals surface area (Å²) in [5.74, 6) is 0.371. The lowest BCUT2D eigenvalue weighted by Crippen LogP contribution is -2.10. The first-order chi connectivity index (χ1) is 14.2. The van der Waals surface area contributed by atoms with Crippen molar-refractivity contribution >= 4 is 22.4 Å². The Balaban J connectivity index is 1.32. The molecule has 0 saturated heterocycles. The van der Waals surface area contributed by atoms with Crippen molar-refractivity contribution in [1.29, 1.82) is 0 Å². The SMILES string of the molecule is O=C(Nc1nnc(Cc2ccccc2)s1)c1ccc(COc2ccc(F)cc2)o1. The second kappa shape index (κ2) is 8.66. The first-order valence-corrected chi connectivity index (χ1v) is 9.62. The van der Waals surface area contributed by atoms with Crippen LogP contribution in [0, 0.1) is 5.82 Å². The van der Waals surface area contributed by atoms with Gasteiger partial charge in [0.05, 0.1) is 0 Å². The summed E-state index contributed by atoms with van der Waals surface area (Å²) >= 11 is 1.32. The van der Waals surface area contributed by atoms with Gasteiger partial charge in [-0.3, -0.25) is 10.1 Å². The van der Waals surface area contributed by atoms with Crippen molar-refractivity contribution in [2.75, 3.05) is 5.32 Å². The van der Waals surface area contributed by atoms with E-state index in [1.807, 2.05) is 30.3 Å². The van der Waals surface area contributed by atoms with Gasteiger partial charge in [-0.25, -0.2) is 4.39 Å². The maximum Gasteiger partial charge on any atom is 0.293 e. The van der Waals surface area contributed by atoms with Gasteiger partial charge in [0.2, 0.25) is 5.13 Å². The summed E-state index contributed by atoms with van der Waals surface area (Å²) in [5.41, 5.74) is 1.12. The molecule has 1 amide bonds. The molecular weight excluding hydrogens is 393 g/mol. The number of nitrogens with one attached hydrogen (secondary N) is 1. The predicted octanol–water partition coefficient (Wildman–Crippen LogP) is 4.69. The number of carbonyl (C=O) groups excluding carboxylic acids is 1. The van der Waals surface area contributed by atoms with Crippen molar-refractivity contribution in [1.82, 2.24) is 10.2 Å². The largest absolute Gasteiger partial charge is 0.486 e. The van der Waals surface area contributed by atoms with E-state index in [1.54, 1.807) is 12.1 Å². The van der Waals surface area contributed by atoms with Gasteiger partial charge >= 0.3 is 0 Å². The summed E-state index contributed by atoms with van der Waals surface area (Å²) in [4.78, 5) is 12.4. The molecule has 0 atom stereocenters. The molecule has 0 radical (unpaired) electrons. The average molecular weight is 409 g/mol. The highest BCUT2D eigenvalue weighted by Crippen LogP contribution is 2.20. The Bertz CT molecular complexity index is 1090. The number of rotatable bonds is 7. The highest BCUT2D eigenvalue weighted by Gasteiger charge is 2.14. The molecule has 2 aromatic heterocycles. The number of furan rings is 1. The maximum absolute atomic E-state index is 12.9. The van der Waals surface area contributed by atoms with Crippen molar-refractivity contribution < 1.29 is 18.3 Å². The smallest absolute Gasteiger partial charge is 0.293 e. The van der Waals surface area contributed by atoms with E-state index in [2.05, 4.69) is 15.5 Å². The van der Waals surface area contributed by atoms with Crippen molar-refractivity contribution in [3.8, 4) is 5.75 Å². The number of hydrogen-bond donors (Lipinski definition) is 1. The van der Waals surface area contributed by atoms with Crippen LogP contribution in [0.25, 0.3) is 0 Å². The number of aromatic nitrogens is 2. The summed E-state index contributed by atoms with van der Waals surface area (Å²) in [7, 11) is 0. The summed E-state index contributed by atoms with van der Waals surface area (Å²) in [5, 5.41) is 12.0. The number of benzene rings is 2. The second-order valence-electron chi connectivity index (χ2n) is 6.13. The maximum atomic E-state index is 12.9. The van der Waals surface area contributed by atoms with E-state index in [0.29, 0.717) is 23.1 Å². The van der Waals surface area contributed by atoms with Gasteiger partial charge in [0.15, 0.2) is 5.76 Å². The molecule has 8 heteroatoms. The highest BCUT2D eigenvalue weighted by atomic mass is 32.1. The Morgan fingerprint density at radius 2 is 1.83 bits per heavy atom. The van der Waals surface area contributed by atoms with E-state index in [1.165, 1.54) is 35.6 Å².